The lowest BCUT2D eigenvalue weighted by molar-refractivity contribution is -0.114. The van der Waals surface area contributed by atoms with Crippen LogP contribution in [0.3, 0.4) is 0 Å². The summed E-state index contributed by atoms with van der Waals surface area (Å²) >= 11 is 2.86. The lowest BCUT2D eigenvalue weighted by Crippen LogP contribution is -2.38. The van der Waals surface area contributed by atoms with E-state index in [1.54, 1.807) is 48.2 Å². The van der Waals surface area contributed by atoms with E-state index in [1.165, 1.54) is 11.3 Å². The molecule has 2 aromatic carbocycles. The van der Waals surface area contributed by atoms with Crippen LogP contribution < -0.4 is 9.62 Å². The molecule has 0 spiro atoms. The highest BCUT2D eigenvalue weighted by atomic mass is 32.2. The van der Waals surface area contributed by atoms with Gasteiger partial charge in [-0.3, -0.25) is 14.4 Å². The molecule has 0 aliphatic heterocycles. The lowest BCUT2D eigenvalue weighted by Gasteiger charge is -2.26. The molecule has 0 fully saturated rings. The van der Waals surface area contributed by atoms with Gasteiger partial charge < -0.3 is 0 Å². The molecule has 0 saturated heterocycles. The Kier molecular flexibility index (Phi) is 8.14. The Morgan fingerprint density at radius 3 is 2.45 bits per heavy atom. The number of hydrogen-bond acceptors (Lipinski definition) is 7. The summed E-state index contributed by atoms with van der Waals surface area (Å²) in [5.74, 6) is 0.927. The number of aryl methyl sites for hydroxylation is 2. The minimum Gasteiger partial charge on any atom is -0.299 e. The topological polar surface area (TPSA) is 92.3 Å². The van der Waals surface area contributed by atoms with Crippen LogP contribution >= 0.6 is 23.1 Å². The van der Waals surface area contributed by atoms with E-state index in [4.69, 9.17) is 0 Å². The molecule has 1 N–H and O–H groups in total. The second kappa shape index (κ2) is 10.7. The van der Waals surface area contributed by atoms with Crippen LogP contribution in [0.25, 0.3) is 0 Å². The van der Waals surface area contributed by atoms with Gasteiger partial charge in [-0.1, -0.05) is 66.8 Å². The van der Waals surface area contributed by atoms with Crippen molar-refractivity contribution in [3.05, 3.63) is 59.2 Å². The monoisotopic (exact) mass is 504 g/mol. The standard InChI is InChI=1S/C23H28N4O3S3/c1-15(2)14-31-23-26-25-22(32-23)24-21(28)13-27(20-8-6-7-17(4)18(20)5)33(29,30)19-11-9-16(3)10-12-19/h6-12,15H,13-14H2,1-5H3,(H,24,25,28). The Morgan fingerprint density at radius 2 is 1.79 bits per heavy atom. The maximum absolute atomic E-state index is 13.6. The number of thioether (sulfide) groups is 1. The largest absolute Gasteiger partial charge is 0.299 e. The Morgan fingerprint density at radius 1 is 1.09 bits per heavy atom. The number of nitrogens with one attached hydrogen (secondary N) is 1. The van der Waals surface area contributed by atoms with Gasteiger partial charge in [0.25, 0.3) is 10.0 Å². The van der Waals surface area contributed by atoms with Crippen LogP contribution in [0.5, 0.6) is 0 Å². The molecule has 33 heavy (non-hydrogen) atoms. The number of sulfonamides is 1. The Labute approximate surface area is 203 Å². The zero-order valence-corrected chi connectivity index (χ0v) is 21.8. The molecular weight excluding hydrogens is 476 g/mol. The molecule has 0 unspecified atom stereocenters. The number of aromatic nitrogens is 2. The molecule has 0 aliphatic rings. The van der Waals surface area contributed by atoms with E-state index < -0.39 is 15.9 Å². The van der Waals surface area contributed by atoms with E-state index in [9.17, 15) is 13.2 Å². The van der Waals surface area contributed by atoms with Gasteiger partial charge in [0.1, 0.15) is 6.54 Å². The summed E-state index contributed by atoms with van der Waals surface area (Å²) in [5.41, 5.74) is 3.15. The summed E-state index contributed by atoms with van der Waals surface area (Å²) in [6, 6.07) is 12.0. The third-order valence-corrected chi connectivity index (χ3v) is 9.11. The van der Waals surface area contributed by atoms with E-state index in [1.807, 2.05) is 26.8 Å². The molecule has 1 aromatic heterocycles. The van der Waals surface area contributed by atoms with Crippen molar-refractivity contribution < 1.29 is 13.2 Å². The molecule has 176 valence electrons. The average Bonchev–Trinajstić information content (AvgIpc) is 3.20. The van der Waals surface area contributed by atoms with Crippen molar-refractivity contribution in [2.75, 3.05) is 21.9 Å². The second-order valence-electron chi connectivity index (χ2n) is 8.17. The summed E-state index contributed by atoms with van der Waals surface area (Å²) in [6.07, 6.45) is 0. The fraction of sp³-hybridized carbons (Fsp3) is 0.348. The maximum atomic E-state index is 13.6. The van der Waals surface area contributed by atoms with Gasteiger partial charge in [0.05, 0.1) is 10.6 Å². The normalized spacial score (nSPS) is 11.6. The second-order valence-corrected chi connectivity index (χ2v) is 12.3. The molecule has 3 aromatic rings. The van der Waals surface area contributed by atoms with E-state index >= 15 is 0 Å². The molecule has 1 heterocycles. The molecule has 7 nitrogen and oxygen atoms in total. The fourth-order valence-corrected chi connectivity index (χ4v) is 6.21. The van der Waals surface area contributed by atoms with Crippen molar-refractivity contribution in [1.82, 2.24) is 10.2 Å². The zero-order chi connectivity index (χ0) is 24.2. The summed E-state index contributed by atoms with van der Waals surface area (Å²) < 4.78 is 29.1. The summed E-state index contributed by atoms with van der Waals surface area (Å²) in [6.45, 7) is 9.51. The van der Waals surface area contributed by atoms with Crippen molar-refractivity contribution >= 4 is 49.8 Å². The molecule has 0 saturated carbocycles. The minimum absolute atomic E-state index is 0.130. The first kappa shape index (κ1) is 25.2. The van der Waals surface area contributed by atoms with Crippen LogP contribution in [-0.2, 0) is 14.8 Å². The van der Waals surface area contributed by atoms with Gasteiger partial charge in [0.2, 0.25) is 11.0 Å². The molecular formula is C23H28N4O3S3. The third kappa shape index (κ3) is 6.33. The molecule has 10 heteroatoms. The summed E-state index contributed by atoms with van der Waals surface area (Å²) in [7, 11) is -3.97. The Bertz CT molecular complexity index is 1220. The van der Waals surface area contributed by atoms with E-state index in [0.29, 0.717) is 16.7 Å². The number of carbonyl (C=O) groups is 1. The summed E-state index contributed by atoms with van der Waals surface area (Å²) in [5, 5.41) is 11.2. The van der Waals surface area contributed by atoms with Crippen LogP contribution in [0.4, 0.5) is 10.8 Å². The van der Waals surface area contributed by atoms with Crippen LogP contribution in [0, 0.1) is 26.7 Å². The minimum atomic E-state index is -3.97. The van der Waals surface area contributed by atoms with Gasteiger partial charge in [-0.2, -0.15) is 0 Å². The molecule has 0 aliphatic carbocycles. The Balaban J connectivity index is 1.88. The first-order chi connectivity index (χ1) is 15.6. The highest BCUT2D eigenvalue weighted by Gasteiger charge is 2.29. The highest BCUT2D eigenvalue weighted by molar-refractivity contribution is 8.01. The van der Waals surface area contributed by atoms with Gasteiger partial charge >= 0.3 is 0 Å². The van der Waals surface area contributed by atoms with Crippen molar-refractivity contribution in [2.24, 2.45) is 5.92 Å². The van der Waals surface area contributed by atoms with Crippen molar-refractivity contribution in [3.8, 4) is 0 Å². The zero-order valence-electron chi connectivity index (χ0n) is 19.3. The van der Waals surface area contributed by atoms with E-state index in [0.717, 1.165) is 31.1 Å². The average molecular weight is 505 g/mol. The highest BCUT2D eigenvalue weighted by Crippen LogP contribution is 2.30. The number of benzene rings is 2. The van der Waals surface area contributed by atoms with Gasteiger partial charge in [-0.15, -0.1) is 10.2 Å². The smallest absolute Gasteiger partial charge is 0.264 e. The van der Waals surface area contributed by atoms with E-state index in [-0.39, 0.29) is 11.4 Å². The Hall–Kier alpha value is -2.43. The van der Waals surface area contributed by atoms with E-state index in [2.05, 4.69) is 29.4 Å². The van der Waals surface area contributed by atoms with Crippen LogP contribution in [-0.4, -0.2) is 36.8 Å². The maximum Gasteiger partial charge on any atom is 0.264 e. The SMILES string of the molecule is Cc1ccc(S(=O)(=O)N(CC(=O)Nc2nnc(SCC(C)C)s2)c2cccc(C)c2C)cc1. The van der Waals surface area contributed by atoms with Crippen molar-refractivity contribution in [2.45, 2.75) is 43.9 Å². The number of nitrogens with zero attached hydrogens (tertiary/aromatic N) is 3. The van der Waals surface area contributed by atoms with Gasteiger partial charge in [0.15, 0.2) is 4.34 Å². The van der Waals surface area contributed by atoms with Crippen molar-refractivity contribution in [3.63, 3.8) is 0 Å². The molecule has 3 rings (SSSR count). The first-order valence-corrected chi connectivity index (χ1v) is 13.7. The van der Waals surface area contributed by atoms with Crippen LogP contribution in [0.2, 0.25) is 0 Å². The lowest BCUT2D eigenvalue weighted by atomic mass is 10.1. The number of rotatable bonds is 9. The predicted molar refractivity (Wildman–Crippen MR) is 136 cm³/mol. The number of hydrogen-bond donors (Lipinski definition) is 1. The molecule has 0 radical (unpaired) electrons. The quantitative estimate of drug-likeness (QED) is 0.324. The predicted octanol–water partition coefficient (Wildman–Crippen LogP) is 5.05. The molecule has 1 amide bonds. The van der Waals surface area contributed by atoms with Crippen molar-refractivity contribution in [1.29, 1.82) is 0 Å². The number of amides is 1. The molecule has 0 bridgehead atoms. The first-order valence-electron chi connectivity index (χ1n) is 10.5. The summed E-state index contributed by atoms with van der Waals surface area (Å²) in [4.78, 5) is 13.0. The van der Waals surface area contributed by atoms with Gasteiger partial charge in [0, 0.05) is 5.75 Å². The fourth-order valence-electron chi connectivity index (χ4n) is 2.99. The number of carbonyl (C=O) groups excluding carboxylic acids is 1. The van der Waals surface area contributed by atoms with Gasteiger partial charge in [-0.25, -0.2) is 8.42 Å². The molecule has 0 atom stereocenters. The third-order valence-electron chi connectivity index (χ3n) is 4.93. The van der Waals surface area contributed by atoms with Crippen LogP contribution in [0.1, 0.15) is 30.5 Å². The number of anilines is 2. The van der Waals surface area contributed by atoms with Gasteiger partial charge in [-0.05, 0) is 56.0 Å². The van der Waals surface area contributed by atoms with Crippen LogP contribution in [0.15, 0.2) is 51.7 Å².